The van der Waals surface area contributed by atoms with Crippen molar-refractivity contribution in [3.63, 3.8) is 0 Å². The summed E-state index contributed by atoms with van der Waals surface area (Å²) in [6, 6.07) is 26.6. The lowest BCUT2D eigenvalue weighted by molar-refractivity contribution is -0.121. The molecule has 0 heterocycles. The number of aromatic hydroxyl groups is 3. The molecule has 8 heteroatoms. The Balaban J connectivity index is 1.32. The summed E-state index contributed by atoms with van der Waals surface area (Å²) < 4.78 is 11.4. The van der Waals surface area contributed by atoms with Gasteiger partial charge in [0.05, 0.1) is 12.7 Å². The van der Waals surface area contributed by atoms with Crippen LogP contribution in [0.4, 0.5) is 0 Å². The summed E-state index contributed by atoms with van der Waals surface area (Å²) >= 11 is 0. The molecule has 0 saturated carbocycles. The fraction of sp³-hybridized carbons (Fsp3) is 0.342. The number of phenolic OH excluding ortho intramolecular Hbond substituents is 3. The van der Waals surface area contributed by atoms with E-state index in [0.717, 1.165) is 35.1 Å². The summed E-state index contributed by atoms with van der Waals surface area (Å²) in [4.78, 5) is 13.0. The molecular formula is C38H43NO7. The molecule has 6 N–H and O–H groups in total. The van der Waals surface area contributed by atoms with Crippen LogP contribution >= 0.6 is 0 Å². The van der Waals surface area contributed by atoms with E-state index >= 15 is 0 Å². The number of Topliss-reactive ketones (excluding diaryl/α,β-unsaturated/α-hetero) is 1. The van der Waals surface area contributed by atoms with Gasteiger partial charge in [-0.1, -0.05) is 66.7 Å². The monoisotopic (exact) mass is 625 g/mol. The maximum absolute atomic E-state index is 13.0. The van der Waals surface area contributed by atoms with Crippen LogP contribution < -0.4 is 15.2 Å². The molecule has 1 aliphatic carbocycles. The molecule has 5 rings (SSSR count). The first kappa shape index (κ1) is 32.9. The lowest BCUT2D eigenvalue weighted by Gasteiger charge is -2.36. The van der Waals surface area contributed by atoms with Crippen molar-refractivity contribution >= 4 is 5.78 Å². The lowest BCUT2D eigenvalue weighted by atomic mass is 9.70. The molecule has 0 saturated heterocycles. The number of nitrogens with two attached hydrogens (primary N) is 1. The Morgan fingerprint density at radius 2 is 1.57 bits per heavy atom. The fourth-order valence-electron chi connectivity index (χ4n) is 6.56. The zero-order valence-corrected chi connectivity index (χ0v) is 26.0. The van der Waals surface area contributed by atoms with Crippen LogP contribution in [0.15, 0.2) is 84.9 Å². The average molecular weight is 626 g/mol. The minimum Gasteiger partial charge on any atom is -0.504 e. The number of benzene rings is 4. The van der Waals surface area contributed by atoms with E-state index < -0.39 is 6.10 Å². The molecule has 3 unspecified atom stereocenters. The SMILES string of the molecule is NCOc1cc(CCC(=O)CC(O)CC2c3cc(O)c(O)c(OCCc4ccccc4)c3CCC2Cc2ccccc2)ccc1O. The number of carbonyl (C=O) groups excluding carboxylic acids is 1. The Hall–Kier alpha value is -4.53. The quantitative estimate of drug-likeness (QED) is 0.0806. The van der Waals surface area contributed by atoms with Gasteiger partial charge in [0.25, 0.3) is 0 Å². The molecule has 0 aliphatic heterocycles. The highest BCUT2D eigenvalue weighted by Gasteiger charge is 2.35. The summed E-state index contributed by atoms with van der Waals surface area (Å²) in [7, 11) is 0. The number of aryl methyl sites for hydroxylation is 1. The van der Waals surface area contributed by atoms with E-state index in [9.17, 15) is 25.2 Å². The number of ether oxygens (including phenoxy) is 2. The molecular weight excluding hydrogens is 582 g/mol. The molecule has 3 atom stereocenters. The molecule has 0 fully saturated rings. The molecule has 0 radical (unpaired) electrons. The number of hydrogen-bond donors (Lipinski definition) is 5. The first-order valence-corrected chi connectivity index (χ1v) is 15.9. The summed E-state index contributed by atoms with van der Waals surface area (Å²) in [5, 5.41) is 42.9. The standard InChI is InChI=1S/C38H43NO7/c39-24-46-36-20-27(12-16-34(36)42)11-14-29(40)21-30(41)22-32-28(19-26-9-5-2-6-10-26)13-15-31-33(32)23-35(43)37(44)38(31)45-18-17-25-7-3-1-4-8-25/h1-10,12,16,20,23,28,30,32,41-44H,11,13-15,17-19,21-22,24,39H2. The van der Waals surface area contributed by atoms with E-state index in [1.165, 1.54) is 11.6 Å². The van der Waals surface area contributed by atoms with E-state index in [2.05, 4.69) is 12.1 Å². The van der Waals surface area contributed by atoms with Crippen LogP contribution in [0.1, 0.15) is 59.4 Å². The number of rotatable bonds is 15. The third-order valence-electron chi connectivity index (χ3n) is 8.87. The van der Waals surface area contributed by atoms with Gasteiger partial charge in [-0.25, -0.2) is 0 Å². The predicted molar refractivity (Wildman–Crippen MR) is 176 cm³/mol. The number of aliphatic hydroxyl groups is 1. The van der Waals surface area contributed by atoms with Crippen molar-refractivity contribution in [1.82, 2.24) is 0 Å². The molecule has 242 valence electrons. The topological polar surface area (TPSA) is 142 Å². The molecule has 0 amide bonds. The van der Waals surface area contributed by atoms with Crippen molar-refractivity contribution in [3.05, 3.63) is 113 Å². The fourth-order valence-corrected chi connectivity index (χ4v) is 6.56. The van der Waals surface area contributed by atoms with Gasteiger partial charge < -0.3 is 29.9 Å². The summed E-state index contributed by atoms with van der Waals surface area (Å²) in [5.41, 5.74) is 10.2. The Labute approximate surface area is 270 Å². The summed E-state index contributed by atoms with van der Waals surface area (Å²) in [6.07, 6.45) is 3.00. The number of ketones is 1. The zero-order chi connectivity index (χ0) is 32.5. The molecule has 8 nitrogen and oxygen atoms in total. The highest BCUT2D eigenvalue weighted by Crippen LogP contribution is 2.50. The van der Waals surface area contributed by atoms with Gasteiger partial charge in [0.1, 0.15) is 12.5 Å². The Kier molecular flexibility index (Phi) is 11.2. The number of aliphatic hydroxyl groups excluding tert-OH is 1. The second-order valence-corrected chi connectivity index (χ2v) is 12.1. The minimum atomic E-state index is -0.893. The third-order valence-corrected chi connectivity index (χ3v) is 8.87. The highest BCUT2D eigenvalue weighted by atomic mass is 16.5. The van der Waals surface area contributed by atoms with Gasteiger partial charge in [0.2, 0.25) is 5.75 Å². The van der Waals surface area contributed by atoms with Crippen LogP contribution in [0.2, 0.25) is 0 Å². The summed E-state index contributed by atoms with van der Waals surface area (Å²) in [6.45, 7) is 0.264. The van der Waals surface area contributed by atoms with Gasteiger partial charge in [-0.05, 0) is 84.4 Å². The molecule has 0 spiro atoms. The third kappa shape index (κ3) is 8.38. The minimum absolute atomic E-state index is 0.00136. The Bertz CT molecular complexity index is 1590. The largest absolute Gasteiger partial charge is 0.504 e. The number of carbonyl (C=O) groups is 1. The number of fused-ring (bicyclic) bond motifs is 1. The van der Waals surface area contributed by atoms with E-state index in [4.69, 9.17) is 15.2 Å². The van der Waals surface area contributed by atoms with Crippen molar-refractivity contribution in [2.75, 3.05) is 13.3 Å². The highest BCUT2D eigenvalue weighted by molar-refractivity contribution is 5.79. The average Bonchev–Trinajstić information content (AvgIpc) is 3.05. The molecule has 0 bridgehead atoms. The molecule has 4 aromatic rings. The van der Waals surface area contributed by atoms with Crippen LogP contribution in [0.3, 0.4) is 0 Å². The van der Waals surface area contributed by atoms with E-state index in [1.54, 1.807) is 18.2 Å². The van der Waals surface area contributed by atoms with Crippen molar-refractivity contribution in [1.29, 1.82) is 0 Å². The molecule has 4 aromatic carbocycles. The first-order valence-electron chi connectivity index (χ1n) is 15.9. The normalized spacial score (nSPS) is 16.4. The zero-order valence-electron chi connectivity index (χ0n) is 26.0. The van der Waals surface area contributed by atoms with Crippen LogP contribution in [-0.2, 0) is 30.5 Å². The number of phenols is 3. The summed E-state index contributed by atoms with van der Waals surface area (Å²) in [5.74, 6) is -0.0548. The van der Waals surface area contributed by atoms with E-state index in [-0.39, 0.29) is 60.2 Å². The smallest absolute Gasteiger partial charge is 0.200 e. The van der Waals surface area contributed by atoms with Crippen LogP contribution in [0.5, 0.6) is 28.7 Å². The van der Waals surface area contributed by atoms with Gasteiger partial charge in [0.15, 0.2) is 23.0 Å². The van der Waals surface area contributed by atoms with Gasteiger partial charge in [-0.3, -0.25) is 10.5 Å². The Morgan fingerprint density at radius 3 is 2.28 bits per heavy atom. The van der Waals surface area contributed by atoms with Crippen molar-refractivity contribution < 1.29 is 34.7 Å². The molecule has 1 aliphatic rings. The maximum Gasteiger partial charge on any atom is 0.200 e. The van der Waals surface area contributed by atoms with Gasteiger partial charge >= 0.3 is 0 Å². The Morgan fingerprint density at radius 1 is 0.848 bits per heavy atom. The second-order valence-electron chi connectivity index (χ2n) is 12.1. The van der Waals surface area contributed by atoms with Gasteiger partial charge in [-0.2, -0.15) is 0 Å². The van der Waals surface area contributed by atoms with Gasteiger partial charge in [0, 0.05) is 24.8 Å². The van der Waals surface area contributed by atoms with Crippen LogP contribution in [-0.4, -0.2) is 45.7 Å². The van der Waals surface area contributed by atoms with Crippen LogP contribution in [0.25, 0.3) is 0 Å². The van der Waals surface area contributed by atoms with Crippen molar-refractivity contribution in [2.24, 2.45) is 11.7 Å². The maximum atomic E-state index is 13.0. The number of hydrogen-bond acceptors (Lipinski definition) is 8. The van der Waals surface area contributed by atoms with Crippen molar-refractivity contribution in [3.8, 4) is 28.7 Å². The van der Waals surface area contributed by atoms with Crippen molar-refractivity contribution in [2.45, 2.75) is 63.4 Å². The molecule has 46 heavy (non-hydrogen) atoms. The second kappa shape index (κ2) is 15.7. The van der Waals surface area contributed by atoms with E-state index in [0.29, 0.717) is 38.0 Å². The predicted octanol–water partition coefficient (Wildman–Crippen LogP) is 5.95. The van der Waals surface area contributed by atoms with Crippen LogP contribution in [0, 0.1) is 5.92 Å². The van der Waals surface area contributed by atoms with E-state index in [1.807, 2.05) is 48.5 Å². The molecule has 0 aromatic heterocycles. The van der Waals surface area contributed by atoms with Gasteiger partial charge in [-0.15, -0.1) is 0 Å². The first-order chi connectivity index (χ1) is 22.3. The lowest BCUT2D eigenvalue weighted by Crippen LogP contribution is -2.28.